The Morgan fingerprint density at radius 3 is 2.68 bits per heavy atom. The van der Waals surface area contributed by atoms with E-state index in [9.17, 15) is 4.79 Å². The van der Waals surface area contributed by atoms with Gasteiger partial charge in [0.1, 0.15) is 5.01 Å². The standard InChI is InChI=1S/C19H23N3O2S/c1-24-22-18(23)7-8-19(22)9-11-21(12-10-19)13-17-20-16(14-25-17)15-5-3-2-4-6-15/h2-6,14H,7-13H2,1H3. The summed E-state index contributed by atoms with van der Waals surface area (Å²) in [5, 5.41) is 4.93. The first-order valence-corrected chi connectivity index (χ1v) is 9.67. The fourth-order valence-corrected chi connectivity index (χ4v) is 4.84. The van der Waals surface area contributed by atoms with Crippen LogP contribution in [0.4, 0.5) is 0 Å². The Morgan fingerprint density at radius 1 is 1.20 bits per heavy atom. The number of likely N-dealkylation sites (tertiary alicyclic amines) is 1. The number of carbonyl (C=O) groups is 1. The highest BCUT2D eigenvalue weighted by atomic mass is 32.1. The molecule has 0 unspecified atom stereocenters. The minimum absolute atomic E-state index is 0.0829. The Kier molecular flexibility index (Phi) is 4.58. The van der Waals surface area contributed by atoms with Gasteiger partial charge in [0.2, 0.25) is 5.91 Å². The predicted molar refractivity (Wildman–Crippen MR) is 97.9 cm³/mol. The van der Waals surface area contributed by atoms with Crippen LogP contribution in [0.25, 0.3) is 11.3 Å². The Morgan fingerprint density at radius 2 is 1.96 bits per heavy atom. The molecule has 2 fully saturated rings. The number of hydroxylamine groups is 2. The van der Waals surface area contributed by atoms with Gasteiger partial charge < -0.3 is 0 Å². The molecule has 3 heterocycles. The number of benzene rings is 1. The molecule has 0 aliphatic carbocycles. The van der Waals surface area contributed by atoms with Crippen LogP contribution in [0.15, 0.2) is 35.7 Å². The highest BCUT2D eigenvalue weighted by Gasteiger charge is 2.47. The fourth-order valence-electron chi connectivity index (χ4n) is 4.00. The summed E-state index contributed by atoms with van der Waals surface area (Å²) in [6.45, 7) is 2.84. The lowest BCUT2D eigenvalue weighted by Gasteiger charge is -2.43. The summed E-state index contributed by atoms with van der Waals surface area (Å²) in [6.07, 6.45) is 3.48. The number of piperidine rings is 1. The summed E-state index contributed by atoms with van der Waals surface area (Å²) in [4.78, 5) is 24.6. The van der Waals surface area contributed by atoms with E-state index < -0.39 is 0 Å². The molecule has 5 nitrogen and oxygen atoms in total. The maximum Gasteiger partial charge on any atom is 0.246 e. The van der Waals surface area contributed by atoms with E-state index in [1.54, 1.807) is 23.5 Å². The minimum atomic E-state index is -0.0829. The summed E-state index contributed by atoms with van der Waals surface area (Å²) in [6, 6.07) is 10.3. The SMILES string of the molecule is CON1C(=O)CCC12CCN(Cc1nc(-c3ccccc3)cs1)CC2. The molecular formula is C19H23N3O2S. The van der Waals surface area contributed by atoms with Crippen LogP contribution in [-0.4, -0.2) is 46.6 Å². The second-order valence-electron chi connectivity index (χ2n) is 6.86. The highest BCUT2D eigenvalue weighted by Crippen LogP contribution is 2.39. The molecule has 1 aromatic heterocycles. The average molecular weight is 357 g/mol. The van der Waals surface area contributed by atoms with Gasteiger partial charge in [0, 0.05) is 30.5 Å². The molecule has 1 amide bonds. The van der Waals surface area contributed by atoms with Crippen LogP contribution in [-0.2, 0) is 16.2 Å². The van der Waals surface area contributed by atoms with E-state index in [0.717, 1.165) is 49.6 Å². The topological polar surface area (TPSA) is 45.7 Å². The minimum Gasteiger partial charge on any atom is -0.296 e. The van der Waals surface area contributed by atoms with E-state index in [2.05, 4.69) is 22.4 Å². The van der Waals surface area contributed by atoms with E-state index in [-0.39, 0.29) is 11.4 Å². The molecule has 1 spiro atoms. The van der Waals surface area contributed by atoms with E-state index in [1.165, 1.54) is 5.56 Å². The van der Waals surface area contributed by atoms with Crippen molar-refractivity contribution in [3.05, 3.63) is 40.7 Å². The van der Waals surface area contributed by atoms with Crippen LogP contribution in [0.2, 0.25) is 0 Å². The molecule has 0 N–H and O–H groups in total. The first-order chi connectivity index (χ1) is 12.2. The highest BCUT2D eigenvalue weighted by molar-refractivity contribution is 7.09. The van der Waals surface area contributed by atoms with Crippen molar-refractivity contribution >= 4 is 17.2 Å². The fraction of sp³-hybridized carbons (Fsp3) is 0.474. The smallest absolute Gasteiger partial charge is 0.246 e. The largest absolute Gasteiger partial charge is 0.296 e. The predicted octanol–water partition coefficient (Wildman–Crippen LogP) is 3.33. The monoisotopic (exact) mass is 357 g/mol. The van der Waals surface area contributed by atoms with Crippen molar-refractivity contribution < 1.29 is 9.63 Å². The van der Waals surface area contributed by atoms with Gasteiger partial charge in [-0.1, -0.05) is 30.3 Å². The van der Waals surface area contributed by atoms with Gasteiger partial charge in [-0.15, -0.1) is 11.3 Å². The molecule has 6 heteroatoms. The zero-order valence-electron chi connectivity index (χ0n) is 14.5. The van der Waals surface area contributed by atoms with Crippen LogP contribution in [0, 0.1) is 0 Å². The molecular weight excluding hydrogens is 334 g/mol. The van der Waals surface area contributed by atoms with Crippen molar-refractivity contribution in [1.29, 1.82) is 0 Å². The number of rotatable bonds is 4. The van der Waals surface area contributed by atoms with Gasteiger partial charge in [0.05, 0.1) is 24.9 Å². The zero-order valence-corrected chi connectivity index (χ0v) is 15.3. The quantitative estimate of drug-likeness (QED) is 0.842. The maximum absolute atomic E-state index is 12.0. The molecule has 2 aromatic rings. The molecule has 25 heavy (non-hydrogen) atoms. The number of nitrogens with zero attached hydrogens (tertiary/aromatic N) is 3. The van der Waals surface area contributed by atoms with Crippen molar-refractivity contribution in [1.82, 2.24) is 14.9 Å². The first kappa shape index (κ1) is 16.7. The molecule has 2 saturated heterocycles. The second kappa shape index (κ2) is 6.86. The van der Waals surface area contributed by atoms with E-state index in [1.807, 2.05) is 18.2 Å². The van der Waals surface area contributed by atoms with Gasteiger partial charge in [-0.3, -0.25) is 14.5 Å². The number of carbonyl (C=O) groups excluding carboxylic acids is 1. The van der Waals surface area contributed by atoms with Gasteiger partial charge in [-0.25, -0.2) is 10.0 Å². The molecule has 0 bridgehead atoms. The lowest BCUT2D eigenvalue weighted by Crippen LogP contribution is -2.52. The summed E-state index contributed by atoms with van der Waals surface area (Å²) < 4.78 is 0. The van der Waals surface area contributed by atoms with Gasteiger partial charge in [0.25, 0.3) is 0 Å². The maximum atomic E-state index is 12.0. The van der Waals surface area contributed by atoms with Crippen molar-refractivity contribution in [2.45, 2.75) is 37.8 Å². The van der Waals surface area contributed by atoms with E-state index in [4.69, 9.17) is 9.82 Å². The molecule has 0 radical (unpaired) electrons. The molecule has 1 aromatic carbocycles. The summed E-state index contributed by atoms with van der Waals surface area (Å²) in [5.74, 6) is 0.128. The third kappa shape index (κ3) is 3.21. The number of hydrogen-bond acceptors (Lipinski definition) is 5. The second-order valence-corrected chi connectivity index (χ2v) is 7.81. The molecule has 2 aliphatic rings. The lowest BCUT2D eigenvalue weighted by molar-refractivity contribution is -0.202. The number of thiazole rings is 1. The van der Waals surface area contributed by atoms with Gasteiger partial charge in [0.15, 0.2) is 0 Å². The average Bonchev–Trinajstić information content (AvgIpc) is 3.23. The third-order valence-corrected chi connectivity index (χ3v) is 6.24. The summed E-state index contributed by atoms with van der Waals surface area (Å²) >= 11 is 1.73. The lowest BCUT2D eigenvalue weighted by atomic mass is 9.86. The third-order valence-electron chi connectivity index (χ3n) is 5.41. The summed E-state index contributed by atoms with van der Waals surface area (Å²) in [5.41, 5.74) is 2.14. The van der Waals surface area contributed by atoms with Crippen LogP contribution in [0.1, 0.15) is 30.7 Å². The van der Waals surface area contributed by atoms with Crippen molar-refractivity contribution in [2.75, 3.05) is 20.2 Å². The Balaban J connectivity index is 1.38. The Bertz CT molecular complexity index is 738. The van der Waals surface area contributed by atoms with Crippen molar-refractivity contribution in [3.8, 4) is 11.3 Å². The van der Waals surface area contributed by atoms with Crippen molar-refractivity contribution in [2.24, 2.45) is 0 Å². The van der Waals surface area contributed by atoms with Gasteiger partial charge in [-0.05, 0) is 19.3 Å². The number of amides is 1. The molecule has 0 saturated carbocycles. The van der Waals surface area contributed by atoms with Crippen LogP contribution in [0.5, 0.6) is 0 Å². The number of hydrogen-bond donors (Lipinski definition) is 0. The zero-order chi connectivity index (χ0) is 17.3. The molecule has 2 aliphatic heterocycles. The first-order valence-electron chi connectivity index (χ1n) is 8.80. The van der Waals surface area contributed by atoms with E-state index >= 15 is 0 Å². The van der Waals surface area contributed by atoms with Gasteiger partial charge >= 0.3 is 0 Å². The van der Waals surface area contributed by atoms with Crippen LogP contribution >= 0.6 is 11.3 Å². The van der Waals surface area contributed by atoms with Crippen molar-refractivity contribution in [3.63, 3.8) is 0 Å². The van der Waals surface area contributed by atoms with Crippen LogP contribution in [0.3, 0.4) is 0 Å². The normalized spacial score (nSPS) is 20.5. The van der Waals surface area contributed by atoms with Gasteiger partial charge in [-0.2, -0.15) is 0 Å². The number of aromatic nitrogens is 1. The Hall–Kier alpha value is -1.76. The molecule has 0 atom stereocenters. The summed E-state index contributed by atoms with van der Waals surface area (Å²) in [7, 11) is 1.61. The van der Waals surface area contributed by atoms with E-state index in [0.29, 0.717) is 6.42 Å². The molecule has 132 valence electrons. The molecule has 4 rings (SSSR count). The van der Waals surface area contributed by atoms with Crippen LogP contribution < -0.4 is 0 Å². The Labute approximate surface area is 152 Å².